The number of thiophene rings is 1. The van der Waals surface area contributed by atoms with Gasteiger partial charge in [-0.1, -0.05) is 41.9 Å². The molecule has 0 amide bonds. The van der Waals surface area contributed by atoms with Crippen LogP contribution in [0.15, 0.2) is 48.5 Å². The van der Waals surface area contributed by atoms with E-state index in [9.17, 15) is 4.39 Å². The van der Waals surface area contributed by atoms with Crippen molar-refractivity contribution in [1.82, 2.24) is 5.32 Å². The molecule has 1 unspecified atom stereocenters. The lowest BCUT2D eigenvalue weighted by Crippen LogP contribution is -2.18. The third kappa shape index (κ3) is 2.95. The molecule has 1 nitrogen and oxygen atoms in total. The van der Waals surface area contributed by atoms with Crippen molar-refractivity contribution in [3.05, 3.63) is 69.8 Å². The van der Waals surface area contributed by atoms with Crippen molar-refractivity contribution in [1.29, 1.82) is 0 Å². The highest BCUT2D eigenvalue weighted by molar-refractivity contribution is 7.19. The van der Waals surface area contributed by atoms with Crippen molar-refractivity contribution in [2.24, 2.45) is 0 Å². The molecule has 0 spiro atoms. The van der Waals surface area contributed by atoms with Crippen LogP contribution in [0.5, 0.6) is 0 Å². The zero-order valence-corrected chi connectivity index (χ0v) is 13.1. The van der Waals surface area contributed by atoms with Crippen molar-refractivity contribution < 1.29 is 4.39 Å². The predicted molar refractivity (Wildman–Crippen MR) is 88.7 cm³/mol. The lowest BCUT2D eigenvalue weighted by molar-refractivity contribution is 0.592. The Bertz CT molecular complexity index is 735. The summed E-state index contributed by atoms with van der Waals surface area (Å²) in [5.41, 5.74) is 0.827. The molecule has 0 aliphatic rings. The Kier molecular flexibility index (Phi) is 4.24. The molecule has 3 aromatic rings. The second kappa shape index (κ2) is 6.14. The average Bonchev–Trinajstić information content (AvgIpc) is 2.92. The van der Waals surface area contributed by atoms with Crippen LogP contribution in [0.1, 0.15) is 16.5 Å². The van der Waals surface area contributed by atoms with Crippen molar-refractivity contribution >= 4 is 33.0 Å². The van der Waals surface area contributed by atoms with Crippen LogP contribution in [0.25, 0.3) is 10.1 Å². The molecule has 108 valence electrons. The van der Waals surface area contributed by atoms with Crippen LogP contribution in [-0.2, 0) is 6.42 Å². The van der Waals surface area contributed by atoms with E-state index in [-0.39, 0.29) is 16.9 Å². The molecule has 0 radical (unpaired) electrons. The second-order valence-corrected chi connectivity index (χ2v) is 6.44. The third-order valence-electron chi connectivity index (χ3n) is 3.59. The number of rotatable bonds is 4. The Labute approximate surface area is 132 Å². The Morgan fingerprint density at radius 3 is 2.76 bits per heavy atom. The maximum Gasteiger partial charge on any atom is 0.142 e. The molecule has 0 saturated heterocycles. The Balaban J connectivity index is 1.93. The molecule has 21 heavy (non-hydrogen) atoms. The summed E-state index contributed by atoms with van der Waals surface area (Å²) >= 11 is 7.82. The molecular formula is C17H15ClFNS. The van der Waals surface area contributed by atoms with Crippen LogP contribution >= 0.6 is 22.9 Å². The summed E-state index contributed by atoms with van der Waals surface area (Å²) in [5, 5.41) is 4.76. The minimum absolute atomic E-state index is 0.127. The Morgan fingerprint density at radius 2 is 2.00 bits per heavy atom. The normalized spacial score (nSPS) is 12.7. The van der Waals surface area contributed by atoms with Crippen LogP contribution in [-0.4, -0.2) is 7.05 Å². The van der Waals surface area contributed by atoms with Gasteiger partial charge in [0.25, 0.3) is 0 Å². The minimum Gasteiger partial charge on any atom is -0.312 e. The maximum atomic E-state index is 13.6. The van der Waals surface area contributed by atoms with Gasteiger partial charge in [-0.3, -0.25) is 0 Å². The van der Waals surface area contributed by atoms with E-state index in [0.717, 1.165) is 5.56 Å². The number of nitrogens with one attached hydrogen (secondary N) is 1. The van der Waals surface area contributed by atoms with E-state index in [1.165, 1.54) is 21.0 Å². The number of fused-ring (bicyclic) bond motifs is 1. The minimum atomic E-state index is -0.361. The van der Waals surface area contributed by atoms with E-state index in [4.69, 9.17) is 11.6 Å². The largest absolute Gasteiger partial charge is 0.312 e. The summed E-state index contributed by atoms with van der Waals surface area (Å²) in [4.78, 5) is 1.24. The second-order valence-electron chi connectivity index (χ2n) is 4.94. The molecule has 0 aliphatic carbocycles. The number of halogens is 2. The summed E-state index contributed by atoms with van der Waals surface area (Å²) in [5.74, 6) is -0.361. The lowest BCUT2D eigenvalue weighted by Gasteiger charge is -2.15. The smallest absolute Gasteiger partial charge is 0.142 e. The average molecular weight is 320 g/mol. The molecule has 0 bridgehead atoms. The molecule has 0 fully saturated rings. The first-order valence-corrected chi connectivity index (χ1v) is 7.97. The van der Waals surface area contributed by atoms with Crippen LogP contribution in [0.2, 0.25) is 5.02 Å². The zero-order chi connectivity index (χ0) is 14.8. The van der Waals surface area contributed by atoms with Crippen LogP contribution in [0, 0.1) is 5.82 Å². The van der Waals surface area contributed by atoms with Crippen molar-refractivity contribution in [3.63, 3.8) is 0 Å². The number of benzene rings is 2. The first kappa shape index (κ1) is 14.5. The van der Waals surface area contributed by atoms with E-state index < -0.39 is 0 Å². The van der Waals surface area contributed by atoms with E-state index in [2.05, 4.69) is 23.5 Å². The lowest BCUT2D eigenvalue weighted by atomic mass is 10.0. The van der Waals surface area contributed by atoms with Gasteiger partial charge in [-0.15, -0.1) is 11.3 Å². The van der Waals surface area contributed by atoms with Gasteiger partial charge in [0.15, 0.2) is 0 Å². The van der Waals surface area contributed by atoms with Gasteiger partial charge >= 0.3 is 0 Å². The third-order valence-corrected chi connectivity index (χ3v) is 5.25. The van der Waals surface area contributed by atoms with Crippen molar-refractivity contribution in [2.45, 2.75) is 12.5 Å². The standard InChI is InChI=1S/C17H15ClFNS/c1-20-14(9-12-6-4-7-13(19)17(12)18)16-10-11-5-2-3-8-15(11)21-16/h2-8,10,14,20H,9H2,1H3. The van der Waals surface area contributed by atoms with Crippen LogP contribution < -0.4 is 5.32 Å². The van der Waals surface area contributed by atoms with Gasteiger partial charge < -0.3 is 5.32 Å². The molecule has 1 atom stereocenters. The van der Waals surface area contributed by atoms with Crippen LogP contribution in [0.3, 0.4) is 0 Å². The molecule has 1 N–H and O–H groups in total. The van der Waals surface area contributed by atoms with E-state index in [1.807, 2.05) is 25.2 Å². The highest BCUT2D eigenvalue weighted by Gasteiger charge is 2.16. The van der Waals surface area contributed by atoms with Gasteiger partial charge in [-0.25, -0.2) is 4.39 Å². The zero-order valence-electron chi connectivity index (χ0n) is 11.6. The Morgan fingerprint density at radius 1 is 1.19 bits per heavy atom. The van der Waals surface area contributed by atoms with Gasteiger partial charge in [-0.2, -0.15) is 0 Å². The summed E-state index contributed by atoms with van der Waals surface area (Å²) in [6.07, 6.45) is 0.667. The van der Waals surface area contributed by atoms with E-state index in [0.29, 0.717) is 6.42 Å². The first-order chi connectivity index (χ1) is 10.2. The molecule has 2 aromatic carbocycles. The Hall–Kier alpha value is -1.42. The summed E-state index contributed by atoms with van der Waals surface area (Å²) in [6, 6.07) is 15.6. The van der Waals surface area contributed by atoms with E-state index in [1.54, 1.807) is 17.4 Å². The predicted octanol–water partition coefficient (Wildman–Crippen LogP) is 5.20. The highest BCUT2D eigenvalue weighted by Crippen LogP contribution is 2.32. The van der Waals surface area contributed by atoms with Crippen molar-refractivity contribution in [3.8, 4) is 0 Å². The molecule has 0 saturated carbocycles. The number of hydrogen-bond acceptors (Lipinski definition) is 2. The SMILES string of the molecule is CNC(Cc1cccc(F)c1Cl)c1cc2ccccc2s1. The number of hydrogen-bond donors (Lipinski definition) is 1. The topological polar surface area (TPSA) is 12.0 Å². The molecule has 3 rings (SSSR count). The molecule has 1 heterocycles. The number of likely N-dealkylation sites (N-methyl/N-ethyl adjacent to an activating group) is 1. The van der Waals surface area contributed by atoms with Crippen LogP contribution in [0.4, 0.5) is 4.39 Å². The maximum absolute atomic E-state index is 13.6. The monoisotopic (exact) mass is 319 g/mol. The first-order valence-electron chi connectivity index (χ1n) is 6.77. The summed E-state index contributed by atoms with van der Waals surface area (Å²) in [7, 11) is 1.92. The van der Waals surface area contributed by atoms with Crippen molar-refractivity contribution in [2.75, 3.05) is 7.05 Å². The quantitative estimate of drug-likeness (QED) is 0.697. The van der Waals surface area contributed by atoms with Gasteiger partial charge in [0.2, 0.25) is 0 Å². The van der Waals surface area contributed by atoms with Gasteiger partial charge in [-0.05, 0) is 42.6 Å². The molecular weight excluding hydrogens is 305 g/mol. The van der Waals surface area contributed by atoms with Gasteiger partial charge in [0, 0.05) is 15.6 Å². The fourth-order valence-corrected chi connectivity index (χ4v) is 3.82. The summed E-state index contributed by atoms with van der Waals surface area (Å²) < 4.78 is 14.8. The molecule has 0 aliphatic heterocycles. The van der Waals surface area contributed by atoms with Gasteiger partial charge in [0.1, 0.15) is 5.82 Å². The summed E-state index contributed by atoms with van der Waals surface area (Å²) in [6.45, 7) is 0. The fraction of sp³-hybridized carbons (Fsp3) is 0.176. The molecule has 1 aromatic heterocycles. The molecule has 4 heteroatoms. The van der Waals surface area contributed by atoms with Gasteiger partial charge in [0.05, 0.1) is 5.02 Å². The fourth-order valence-electron chi connectivity index (χ4n) is 2.45. The highest BCUT2D eigenvalue weighted by atomic mass is 35.5. The van der Waals surface area contributed by atoms with E-state index >= 15 is 0 Å².